The first kappa shape index (κ1) is 12.6. The van der Waals surface area contributed by atoms with Crippen molar-refractivity contribution in [2.45, 2.75) is 33.2 Å². The van der Waals surface area contributed by atoms with Gasteiger partial charge in [0.25, 0.3) is 5.91 Å². The summed E-state index contributed by atoms with van der Waals surface area (Å²) in [5.74, 6) is 0.231. The minimum Gasteiger partial charge on any atom is -0.436 e. The maximum atomic E-state index is 12.4. The van der Waals surface area contributed by atoms with E-state index in [-0.39, 0.29) is 17.6 Å². The summed E-state index contributed by atoms with van der Waals surface area (Å²) in [7, 11) is 0. The second-order valence-electron chi connectivity index (χ2n) is 4.92. The van der Waals surface area contributed by atoms with Crippen LogP contribution in [0.1, 0.15) is 36.0 Å². The van der Waals surface area contributed by atoms with Crippen LogP contribution >= 0.6 is 0 Å². The monoisotopic (exact) mass is 251 g/mol. The van der Waals surface area contributed by atoms with E-state index in [0.717, 1.165) is 0 Å². The number of hydrogen-bond acceptors (Lipinski definition) is 4. The van der Waals surface area contributed by atoms with Crippen molar-refractivity contribution in [2.24, 2.45) is 0 Å². The summed E-state index contributed by atoms with van der Waals surface area (Å²) in [6.07, 6.45) is 0. The SMILES string of the molecule is Cc1nc(C)c(C(=O)N2CCNC(=O)C2(C)C)o1. The molecule has 0 bridgehead atoms. The molecule has 0 aromatic carbocycles. The maximum Gasteiger partial charge on any atom is 0.292 e. The molecule has 0 aliphatic carbocycles. The highest BCUT2D eigenvalue weighted by Gasteiger charge is 2.42. The molecule has 0 atom stereocenters. The zero-order valence-corrected chi connectivity index (χ0v) is 11.0. The van der Waals surface area contributed by atoms with Crippen molar-refractivity contribution in [3.8, 4) is 0 Å². The van der Waals surface area contributed by atoms with Gasteiger partial charge >= 0.3 is 0 Å². The molecule has 0 saturated carbocycles. The number of rotatable bonds is 1. The number of oxazole rings is 1. The van der Waals surface area contributed by atoms with Crippen LogP contribution in [-0.2, 0) is 4.79 Å². The van der Waals surface area contributed by atoms with Crippen molar-refractivity contribution in [1.29, 1.82) is 0 Å². The van der Waals surface area contributed by atoms with Crippen LogP contribution in [-0.4, -0.2) is 40.3 Å². The van der Waals surface area contributed by atoms with Crippen molar-refractivity contribution >= 4 is 11.8 Å². The summed E-state index contributed by atoms with van der Waals surface area (Å²) in [5, 5.41) is 2.75. The van der Waals surface area contributed by atoms with Crippen LogP contribution in [0.2, 0.25) is 0 Å². The second-order valence-corrected chi connectivity index (χ2v) is 4.92. The van der Waals surface area contributed by atoms with Gasteiger partial charge in [-0.2, -0.15) is 0 Å². The molecule has 2 amide bonds. The molecule has 0 unspecified atom stereocenters. The molecule has 6 nitrogen and oxygen atoms in total. The Kier molecular flexibility index (Phi) is 2.88. The molecular formula is C12H17N3O3. The minimum atomic E-state index is -0.873. The fraction of sp³-hybridized carbons (Fsp3) is 0.583. The Balaban J connectivity index is 2.33. The summed E-state index contributed by atoms with van der Waals surface area (Å²) < 4.78 is 5.32. The molecule has 1 aliphatic rings. The van der Waals surface area contributed by atoms with E-state index in [2.05, 4.69) is 10.3 Å². The van der Waals surface area contributed by atoms with Gasteiger partial charge in [0, 0.05) is 20.0 Å². The summed E-state index contributed by atoms with van der Waals surface area (Å²) >= 11 is 0. The zero-order chi connectivity index (χ0) is 13.5. The highest BCUT2D eigenvalue weighted by atomic mass is 16.4. The van der Waals surface area contributed by atoms with Gasteiger partial charge in [0.1, 0.15) is 5.54 Å². The van der Waals surface area contributed by atoms with E-state index >= 15 is 0 Å². The van der Waals surface area contributed by atoms with Gasteiger partial charge in [-0.15, -0.1) is 0 Å². The zero-order valence-electron chi connectivity index (χ0n) is 11.0. The Labute approximate surface area is 105 Å². The molecule has 0 radical (unpaired) electrons. The quantitative estimate of drug-likeness (QED) is 0.794. The molecule has 1 fully saturated rings. The number of carbonyl (C=O) groups is 2. The number of nitrogens with zero attached hydrogens (tertiary/aromatic N) is 2. The Morgan fingerprint density at radius 1 is 1.44 bits per heavy atom. The van der Waals surface area contributed by atoms with Crippen LogP contribution in [0.15, 0.2) is 4.42 Å². The second kappa shape index (κ2) is 4.12. The van der Waals surface area contributed by atoms with Crippen molar-refractivity contribution < 1.29 is 14.0 Å². The van der Waals surface area contributed by atoms with Crippen molar-refractivity contribution in [3.05, 3.63) is 17.3 Å². The van der Waals surface area contributed by atoms with Crippen LogP contribution in [0.25, 0.3) is 0 Å². The largest absolute Gasteiger partial charge is 0.436 e. The number of amides is 2. The Morgan fingerprint density at radius 2 is 2.11 bits per heavy atom. The fourth-order valence-corrected chi connectivity index (χ4v) is 2.11. The van der Waals surface area contributed by atoms with E-state index in [1.165, 1.54) is 4.90 Å². The minimum absolute atomic E-state index is 0.156. The lowest BCUT2D eigenvalue weighted by Gasteiger charge is -2.40. The topological polar surface area (TPSA) is 75.4 Å². The molecule has 1 aromatic heterocycles. The molecule has 18 heavy (non-hydrogen) atoms. The van der Waals surface area contributed by atoms with E-state index in [9.17, 15) is 9.59 Å². The van der Waals surface area contributed by atoms with Crippen LogP contribution in [0.5, 0.6) is 0 Å². The van der Waals surface area contributed by atoms with E-state index in [1.807, 2.05) is 0 Å². The standard InChI is InChI=1S/C12H17N3O3/c1-7-9(18-8(2)14-7)10(16)15-6-5-13-11(17)12(15,3)4/h5-6H2,1-4H3,(H,13,17). The van der Waals surface area contributed by atoms with Gasteiger partial charge in [-0.3, -0.25) is 9.59 Å². The first-order valence-corrected chi connectivity index (χ1v) is 5.88. The van der Waals surface area contributed by atoms with Gasteiger partial charge in [-0.05, 0) is 20.8 Å². The lowest BCUT2D eigenvalue weighted by Crippen LogP contribution is -2.63. The third-order valence-corrected chi connectivity index (χ3v) is 3.19. The van der Waals surface area contributed by atoms with Gasteiger partial charge in [-0.1, -0.05) is 0 Å². The first-order chi connectivity index (χ1) is 8.34. The summed E-state index contributed by atoms with van der Waals surface area (Å²) in [5.41, 5.74) is -0.318. The number of aryl methyl sites for hydroxylation is 2. The van der Waals surface area contributed by atoms with Gasteiger partial charge < -0.3 is 14.6 Å². The molecule has 1 aliphatic heterocycles. The number of nitrogens with one attached hydrogen (secondary N) is 1. The third-order valence-electron chi connectivity index (χ3n) is 3.19. The first-order valence-electron chi connectivity index (χ1n) is 5.88. The number of aromatic nitrogens is 1. The molecule has 2 heterocycles. The summed E-state index contributed by atoms with van der Waals surface area (Å²) in [6.45, 7) is 7.78. The van der Waals surface area contributed by atoms with E-state index < -0.39 is 5.54 Å². The van der Waals surface area contributed by atoms with Crippen LogP contribution in [0.3, 0.4) is 0 Å². The molecule has 0 spiro atoms. The predicted octanol–water partition coefficient (Wildman–Crippen LogP) is 0.642. The van der Waals surface area contributed by atoms with Gasteiger partial charge in [-0.25, -0.2) is 4.98 Å². The van der Waals surface area contributed by atoms with Gasteiger partial charge in [0.2, 0.25) is 11.7 Å². The maximum absolute atomic E-state index is 12.4. The molecule has 6 heteroatoms. The summed E-state index contributed by atoms with van der Waals surface area (Å²) in [4.78, 5) is 29.8. The number of carbonyl (C=O) groups excluding carboxylic acids is 2. The Morgan fingerprint density at radius 3 is 2.67 bits per heavy atom. The molecule has 98 valence electrons. The molecule has 1 aromatic rings. The normalized spacial score (nSPS) is 18.7. The third kappa shape index (κ3) is 1.87. The Bertz CT molecular complexity index is 505. The van der Waals surface area contributed by atoms with E-state index in [4.69, 9.17) is 4.42 Å². The van der Waals surface area contributed by atoms with Crippen LogP contribution in [0.4, 0.5) is 0 Å². The molecule has 1 saturated heterocycles. The van der Waals surface area contributed by atoms with Gasteiger partial charge in [0.05, 0.1) is 5.69 Å². The molecular weight excluding hydrogens is 234 g/mol. The number of piperazine rings is 1. The van der Waals surface area contributed by atoms with Crippen molar-refractivity contribution in [3.63, 3.8) is 0 Å². The van der Waals surface area contributed by atoms with E-state index in [1.54, 1.807) is 27.7 Å². The van der Waals surface area contributed by atoms with Gasteiger partial charge in [0.15, 0.2) is 5.89 Å². The lowest BCUT2D eigenvalue weighted by atomic mass is 9.98. The summed E-state index contributed by atoms with van der Waals surface area (Å²) in [6, 6.07) is 0. The predicted molar refractivity (Wildman–Crippen MR) is 64.1 cm³/mol. The smallest absolute Gasteiger partial charge is 0.292 e. The number of hydrogen-bond donors (Lipinski definition) is 1. The lowest BCUT2D eigenvalue weighted by molar-refractivity contribution is -0.133. The van der Waals surface area contributed by atoms with Crippen LogP contribution < -0.4 is 5.32 Å². The van der Waals surface area contributed by atoms with Crippen molar-refractivity contribution in [2.75, 3.05) is 13.1 Å². The van der Waals surface area contributed by atoms with Crippen molar-refractivity contribution in [1.82, 2.24) is 15.2 Å². The molecule has 1 N–H and O–H groups in total. The fourth-order valence-electron chi connectivity index (χ4n) is 2.11. The molecule has 2 rings (SSSR count). The average molecular weight is 251 g/mol. The highest BCUT2D eigenvalue weighted by Crippen LogP contribution is 2.22. The highest BCUT2D eigenvalue weighted by molar-refractivity contribution is 5.98. The van der Waals surface area contributed by atoms with Crippen LogP contribution in [0, 0.1) is 13.8 Å². The Hall–Kier alpha value is -1.85. The average Bonchev–Trinajstić information content (AvgIpc) is 2.61. The van der Waals surface area contributed by atoms with E-state index in [0.29, 0.717) is 24.7 Å².